The molecule has 33 heavy (non-hydrogen) atoms. The number of fused-ring (bicyclic) bond motifs is 1. The molecule has 0 saturated carbocycles. The minimum Gasteiger partial charge on any atom is -0.598 e. The van der Waals surface area contributed by atoms with Crippen molar-refractivity contribution in [3.8, 4) is 11.3 Å². The first-order chi connectivity index (χ1) is 15.6. The van der Waals surface area contributed by atoms with E-state index in [1.807, 2.05) is 45.0 Å². The molecule has 2 heterocycles. The fraction of sp³-hybridized carbons (Fsp3) is 0.250. The van der Waals surface area contributed by atoms with Gasteiger partial charge in [-0.1, -0.05) is 29.4 Å². The van der Waals surface area contributed by atoms with Gasteiger partial charge in [0.25, 0.3) is 0 Å². The fourth-order valence-electron chi connectivity index (χ4n) is 3.44. The highest BCUT2D eigenvalue weighted by Crippen LogP contribution is 2.35. The number of benzene rings is 2. The van der Waals surface area contributed by atoms with Gasteiger partial charge in [-0.15, -0.1) is 4.72 Å². The SMILES string of the molecule is CC(C)(C)[S+]([O-])N[C@@H](Cc1nc(Br)ccc1F)c1ccccc1-c1noc2cc(F)ccc12. The molecule has 9 heteroatoms. The van der Waals surface area contributed by atoms with Gasteiger partial charge in [-0.3, -0.25) is 0 Å². The van der Waals surface area contributed by atoms with Crippen molar-refractivity contribution in [2.75, 3.05) is 0 Å². The van der Waals surface area contributed by atoms with Gasteiger partial charge >= 0.3 is 0 Å². The van der Waals surface area contributed by atoms with Crippen LogP contribution in [0.5, 0.6) is 0 Å². The lowest BCUT2D eigenvalue weighted by Crippen LogP contribution is -2.42. The standard InChI is InChI=1S/C24H22BrF2N3O2S/c1-24(2,3)33(31)30-19(13-20-18(27)10-11-22(25)28-20)15-6-4-5-7-16(15)23-17-9-8-14(26)12-21(17)32-29-23/h4-12,19,30H,13H2,1-3H3/t19-,33?/m0/s1. The smallest absolute Gasteiger partial charge is 0.170 e. The Balaban J connectivity index is 1.82. The summed E-state index contributed by atoms with van der Waals surface area (Å²) in [6.45, 7) is 5.57. The predicted octanol–water partition coefficient (Wildman–Crippen LogP) is 6.27. The summed E-state index contributed by atoms with van der Waals surface area (Å²) in [7, 11) is 0. The summed E-state index contributed by atoms with van der Waals surface area (Å²) in [6.07, 6.45) is 0.147. The highest BCUT2D eigenvalue weighted by atomic mass is 79.9. The molecule has 0 fully saturated rings. The molecule has 2 aromatic carbocycles. The maximum Gasteiger partial charge on any atom is 0.170 e. The van der Waals surface area contributed by atoms with Crippen LogP contribution in [-0.4, -0.2) is 19.4 Å². The number of pyridine rings is 1. The molecule has 0 aliphatic carbocycles. The van der Waals surface area contributed by atoms with Gasteiger partial charge in [-0.25, -0.2) is 13.8 Å². The summed E-state index contributed by atoms with van der Waals surface area (Å²) in [5.41, 5.74) is 2.53. The van der Waals surface area contributed by atoms with Crippen LogP contribution in [0.4, 0.5) is 8.78 Å². The molecule has 0 bridgehead atoms. The molecule has 5 nitrogen and oxygen atoms in total. The Hall–Kier alpha value is -2.33. The summed E-state index contributed by atoms with van der Waals surface area (Å²) in [4.78, 5) is 4.29. The van der Waals surface area contributed by atoms with Crippen LogP contribution in [0.1, 0.15) is 38.1 Å². The number of rotatable bonds is 6. The zero-order valence-corrected chi connectivity index (χ0v) is 20.6. The minimum atomic E-state index is -1.44. The van der Waals surface area contributed by atoms with Crippen molar-refractivity contribution in [3.05, 3.63) is 82.1 Å². The molecule has 172 valence electrons. The lowest BCUT2D eigenvalue weighted by Gasteiger charge is -2.29. The maximum atomic E-state index is 14.6. The van der Waals surface area contributed by atoms with Gasteiger partial charge < -0.3 is 9.08 Å². The molecule has 1 unspecified atom stereocenters. The van der Waals surface area contributed by atoms with E-state index >= 15 is 0 Å². The number of hydrogen-bond acceptors (Lipinski definition) is 5. The van der Waals surface area contributed by atoms with Gasteiger partial charge in [0.1, 0.15) is 26.7 Å². The van der Waals surface area contributed by atoms with Gasteiger partial charge in [-0.2, -0.15) is 0 Å². The van der Waals surface area contributed by atoms with Gasteiger partial charge in [0.2, 0.25) is 0 Å². The van der Waals surface area contributed by atoms with Crippen molar-refractivity contribution in [1.29, 1.82) is 0 Å². The Morgan fingerprint density at radius 3 is 2.64 bits per heavy atom. The van der Waals surface area contributed by atoms with Gasteiger partial charge in [0.15, 0.2) is 5.58 Å². The van der Waals surface area contributed by atoms with E-state index < -0.39 is 33.8 Å². The van der Waals surface area contributed by atoms with Crippen molar-refractivity contribution in [3.63, 3.8) is 0 Å². The van der Waals surface area contributed by atoms with Crippen LogP contribution >= 0.6 is 15.9 Å². The number of nitrogens with zero attached hydrogens (tertiary/aromatic N) is 2. The molecule has 0 radical (unpaired) electrons. The quantitative estimate of drug-likeness (QED) is 0.233. The molecule has 0 aliphatic rings. The lowest BCUT2D eigenvalue weighted by atomic mass is 9.94. The number of nitrogens with one attached hydrogen (secondary N) is 1. The Morgan fingerprint density at radius 1 is 1.12 bits per heavy atom. The van der Waals surface area contributed by atoms with E-state index in [-0.39, 0.29) is 12.1 Å². The summed E-state index contributed by atoms with van der Waals surface area (Å²) >= 11 is 1.85. The third-order valence-electron chi connectivity index (χ3n) is 5.11. The van der Waals surface area contributed by atoms with Gasteiger partial charge in [-0.05, 0) is 66.5 Å². The maximum absolute atomic E-state index is 14.6. The normalized spacial score (nSPS) is 13.9. The molecule has 2 atom stereocenters. The van der Waals surface area contributed by atoms with Crippen LogP contribution in [0.3, 0.4) is 0 Å². The molecule has 0 spiro atoms. The monoisotopic (exact) mass is 533 g/mol. The molecule has 4 rings (SSSR count). The molecule has 1 N–H and O–H groups in total. The van der Waals surface area contributed by atoms with E-state index in [9.17, 15) is 13.3 Å². The molecule has 2 aromatic heterocycles. The summed E-state index contributed by atoms with van der Waals surface area (Å²) < 4.78 is 49.8. The Labute approximate surface area is 202 Å². The van der Waals surface area contributed by atoms with Crippen LogP contribution in [0, 0.1) is 11.6 Å². The van der Waals surface area contributed by atoms with Crippen LogP contribution in [0.15, 0.2) is 63.7 Å². The average molecular weight is 534 g/mol. The zero-order chi connectivity index (χ0) is 23.8. The third-order valence-corrected chi connectivity index (χ3v) is 7.17. The molecule has 4 aromatic rings. The van der Waals surface area contributed by atoms with Gasteiger partial charge in [0.05, 0.1) is 11.7 Å². The summed E-state index contributed by atoms with van der Waals surface area (Å²) in [6, 6.07) is 14.0. The minimum absolute atomic E-state index is 0.147. The molecular formula is C24H22BrF2N3O2S. The van der Waals surface area contributed by atoms with E-state index in [4.69, 9.17) is 4.52 Å². The van der Waals surface area contributed by atoms with Gasteiger partial charge in [0, 0.05) is 34.8 Å². The first kappa shape index (κ1) is 23.8. The highest BCUT2D eigenvalue weighted by molar-refractivity contribution is 9.10. The van der Waals surface area contributed by atoms with Crippen molar-refractivity contribution in [2.45, 2.75) is 38.0 Å². The summed E-state index contributed by atoms with van der Waals surface area (Å²) in [5.74, 6) is -0.874. The largest absolute Gasteiger partial charge is 0.598 e. The van der Waals surface area contributed by atoms with Crippen LogP contribution in [0.2, 0.25) is 0 Å². The average Bonchev–Trinajstić information content (AvgIpc) is 3.18. The second-order valence-corrected chi connectivity index (χ2v) is 11.4. The topological polar surface area (TPSA) is 74.0 Å². The number of hydrogen-bond donors (Lipinski definition) is 1. The van der Waals surface area contributed by atoms with Crippen LogP contribution < -0.4 is 4.72 Å². The molecule has 0 saturated heterocycles. The van der Waals surface area contributed by atoms with E-state index in [0.29, 0.717) is 26.8 Å². The van der Waals surface area contributed by atoms with Crippen LogP contribution in [-0.2, 0) is 17.8 Å². The zero-order valence-electron chi connectivity index (χ0n) is 18.2. The number of aromatic nitrogens is 2. The molecular weight excluding hydrogens is 512 g/mol. The number of halogens is 3. The van der Waals surface area contributed by atoms with E-state index in [1.54, 1.807) is 6.07 Å². The van der Waals surface area contributed by atoms with Crippen molar-refractivity contribution in [2.24, 2.45) is 0 Å². The second kappa shape index (κ2) is 9.50. The van der Waals surface area contributed by atoms with E-state index in [1.165, 1.54) is 24.3 Å². The van der Waals surface area contributed by atoms with Crippen LogP contribution in [0.25, 0.3) is 22.2 Å². The first-order valence-electron chi connectivity index (χ1n) is 10.3. The first-order valence-corrected chi connectivity index (χ1v) is 12.2. The van der Waals surface area contributed by atoms with Crippen molar-refractivity contribution < 1.29 is 17.9 Å². The predicted molar refractivity (Wildman–Crippen MR) is 129 cm³/mol. The fourth-order valence-corrected chi connectivity index (χ4v) is 4.61. The Kier molecular flexibility index (Phi) is 6.86. The van der Waals surface area contributed by atoms with E-state index in [2.05, 4.69) is 30.8 Å². The molecule has 0 aliphatic heterocycles. The van der Waals surface area contributed by atoms with Crippen molar-refractivity contribution >= 4 is 38.3 Å². The second-order valence-electron chi connectivity index (χ2n) is 8.58. The Bertz CT molecular complexity index is 1290. The highest BCUT2D eigenvalue weighted by Gasteiger charge is 2.32. The summed E-state index contributed by atoms with van der Waals surface area (Å²) in [5, 5.41) is 4.82. The van der Waals surface area contributed by atoms with E-state index in [0.717, 1.165) is 5.56 Å². The third kappa shape index (κ3) is 5.27. The Morgan fingerprint density at radius 2 is 1.88 bits per heavy atom. The lowest BCUT2D eigenvalue weighted by molar-refractivity contribution is 0.457. The molecule has 0 amide bonds. The van der Waals surface area contributed by atoms with Crippen molar-refractivity contribution in [1.82, 2.24) is 14.9 Å².